The molecule has 1 N–H and O–H groups in total. The Balaban J connectivity index is 1.93. The van der Waals surface area contributed by atoms with Crippen molar-refractivity contribution >= 4 is 22.1 Å². The Kier molecular flexibility index (Phi) is 4.19. The number of aromatic nitrogens is 2. The van der Waals surface area contributed by atoms with E-state index in [-0.39, 0.29) is 0 Å². The van der Waals surface area contributed by atoms with Crippen LogP contribution in [0.1, 0.15) is 26.5 Å². The fourth-order valence-corrected chi connectivity index (χ4v) is 3.79. The minimum absolute atomic E-state index is 0.556. The van der Waals surface area contributed by atoms with Crippen LogP contribution in [0.5, 0.6) is 0 Å². The highest BCUT2D eigenvalue weighted by molar-refractivity contribution is 7.15. The van der Waals surface area contributed by atoms with Gasteiger partial charge in [-0.1, -0.05) is 6.92 Å². The maximum atomic E-state index is 4.89. The summed E-state index contributed by atoms with van der Waals surface area (Å²) in [4.78, 5) is 10.9. The summed E-state index contributed by atoms with van der Waals surface area (Å²) in [5, 5.41) is 5.56. The lowest BCUT2D eigenvalue weighted by atomic mass is 10.1. The number of thiazole rings is 1. The minimum atomic E-state index is 0.556. The second-order valence-electron chi connectivity index (χ2n) is 5.99. The Morgan fingerprint density at radius 2 is 2.05 bits per heavy atom. The van der Waals surface area contributed by atoms with Crippen LogP contribution in [0, 0.1) is 0 Å². The smallest absolute Gasteiger partial charge is 0.195 e. The van der Waals surface area contributed by atoms with Gasteiger partial charge in [-0.3, -0.25) is 9.30 Å². The molecule has 1 saturated heterocycles. The molecular weight excluding hydrogens is 282 g/mol. The third-order valence-electron chi connectivity index (χ3n) is 4.54. The van der Waals surface area contributed by atoms with E-state index in [1.165, 1.54) is 5.69 Å². The molecule has 0 saturated carbocycles. The zero-order chi connectivity index (χ0) is 15.0. The molecule has 2 aromatic rings. The molecule has 6 heteroatoms. The first-order valence-electron chi connectivity index (χ1n) is 7.73. The summed E-state index contributed by atoms with van der Waals surface area (Å²) in [5.74, 6) is 1.16. The summed E-state index contributed by atoms with van der Waals surface area (Å²) in [7, 11) is 2.22. The number of anilines is 1. The van der Waals surface area contributed by atoms with Crippen LogP contribution in [0.25, 0.3) is 4.96 Å². The molecule has 0 amide bonds. The first kappa shape index (κ1) is 14.8. The van der Waals surface area contributed by atoms with Gasteiger partial charge in [0, 0.05) is 43.3 Å². The van der Waals surface area contributed by atoms with E-state index in [2.05, 4.69) is 58.9 Å². The van der Waals surface area contributed by atoms with Gasteiger partial charge in [0.2, 0.25) is 0 Å². The number of likely N-dealkylation sites (N-methyl/N-ethyl adjacent to an activating group) is 1. The summed E-state index contributed by atoms with van der Waals surface area (Å²) in [6.07, 6.45) is 2.13. The van der Waals surface area contributed by atoms with Crippen molar-refractivity contribution in [1.82, 2.24) is 19.6 Å². The van der Waals surface area contributed by atoms with Crippen LogP contribution in [0.2, 0.25) is 0 Å². The SMILES string of the molecule is CCNCc1c(N2CC(C)N(C)C(C)C2)nc2sccn12. The first-order chi connectivity index (χ1) is 10.1. The van der Waals surface area contributed by atoms with Crippen LogP contribution in [0.15, 0.2) is 11.6 Å². The molecule has 0 radical (unpaired) electrons. The van der Waals surface area contributed by atoms with E-state index in [1.807, 2.05) is 0 Å². The molecule has 0 bridgehead atoms. The van der Waals surface area contributed by atoms with Gasteiger partial charge in [0.15, 0.2) is 10.8 Å². The first-order valence-corrected chi connectivity index (χ1v) is 8.61. The van der Waals surface area contributed by atoms with Gasteiger partial charge >= 0.3 is 0 Å². The van der Waals surface area contributed by atoms with Crippen molar-refractivity contribution in [1.29, 1.82) is 0 Å². The normalized spacial score (nSPS) is 24.1. The average molecular weight is 307 g/mol. The Morgan fingerprint density at radius 1 is 1.33 bits per heavy atom. The summed E-state index contributed by atoms with van der Waals surface area (Å²) < 4.78 is 2.23. The molecule has 0 spiro atoms. The minimum Gasteiger partial charge on any atom is -0.352 e. The molecule has 116 valence electrons. The van der Waals surface area contributed by atoms with E-state index < -0.39 is 0 Å². The molecular formula is C15H25N5S. The Hall–Kier alpha value is -1.11. The number of imidazole rings is 1. The van der Waals surface area contributed by atoms with Gasteiger partial charge in [0.25, 0.3) is 0 Å². The maximum absolute atomic E-state index is 4.89. The van der Waals surface area contributed by atoms with Crippen molar-refractivity contribution < 1.29 is 0 Å². The number of hydrogen-bond donors (Lipinski definition) is 1. The van der Waals surface area contributed by atoms with Crippen LogP contribution >= 0.6 is 11.3 Å². The van der Waals surface area contributed by atoms with Crippen LogP contribution in [0.3, 0.4) is 0 Å². The number of piperazine rings is 1. The van der Waals surface area contributed by atoms with Crippen molar-refractivity contribution in [2.45, 2.75) is 39.4 Å². The van der Waals surface area contributed by atoms with Crippen molar-refractivity contribution in [2.24, 2.45) is 0 Å². The number of hydrogen-bond acceptors (Lipinski definition) is 5. The average Bonchev–Trinajstić information content (AvgIpc) is 3.03. The predicted octanol–water partition coefficient (Wildman–Crippen LogP) is 2.03. The Bertz CT molecular complexity index is 592. The quantitative estimate of drug-likeness (QED) is 0.937. The number of rotatable bonds is 4. The van der Waals surface area contributed by atoms with Crippen LogP contribution in [-0.4, -0.2) is 53.1 Å². The third kappa shape index (κ3) is 2.67. The van der Waals surface area contributed by atoms with Gasteiger partial charge in [-0.2, -0.15) is 0 Å². The van der Waals surface area contributed by atoms with E-state index in [0.29, 0.717) is 12.1 Å². The molecule has 3 rings (SSSR count). The molecule has 21 heavy (non-hydrogen) atoms. The van der Waals surface area contributed by atoms with Crippen molar-refractivity contribution in [3.63, 3.8) is 0 Å². The molecule has 1 aliphatic heterocycles. The maximum Gasteiger partial charge on any atom is 0.195 e. The number of fused-ring (bicyclic) bond motifs is 1. The van der Waals surface area contributed by atoms with Gasteiger partial charge in [-0.15, -0.1) is 11.3 Å². The van der Waals surface area contributed by atoms with E-state index in [4.69, 9.17) is 4.98 Å². The highest BCUT2D eigenvalue weighted by Gasteiger charge is 2.29. The lowest BCUT2D eigenvalue weighted by molar-refractivity contribution is 0.169. The molecule has 2 unspecified atom stereocenters. The molecule has 2 atom stereocenters. The summed E-state index contributed by atoms with van der Waals surface area (Å²) in [6.45, 7) is 10.7. The molecule has 3 heterocycles. The summed E-state index contributed by atoms with van der Waals surface area (Å²) in [5.41, 5.74) is 1.29. The van der Waals surface area contributed by atoms with Crippen molar-refractivity contribution in [2.75, 3.05) is 31.6 Å². The molecule has 0 aromatic carbocycles. The molecule has 1 aliphatic rings. The number of nitrogens with zero attached hydrogens (tertiary/aromatic N) is 4. The van der Waals surface area contributed by atoms with Gasteiger partial charge in [-0.05, 0) is 27.4 Å². The third-order valence-corrected chi connectivity index (χ3v) is 5.30. The largest absolute Gasteiger partial charge is 0.352 e. The van der Waals surface area contributed by atoms with Crippen LogP contribution in [-0.2, 0) is 6.54 Å². The monoisotopic (exact) mass is 307 g/mol. The highest BCUT2D eigenvalue weighted by Crippen LogP contribution is 2.27. The standard InChI is InChI=1S/C15H25N5S/c1-5-16-8-13-14(17-15-20(13)6-7-21-15)19-9-11(2)18(4)12(3)10-19/h6-7,11-12,16H,5,8-10H2,1-4H3. The van der Waals surface area contributed by atoms with E-state index in [9.17, 15) is 0 Å². The second-order valence-corrected chi connectivity index (χ2v) is 6.86. The molecule has 1 fully saturated rings. The topological polar surface area (TPSA) is 35.8 Å². The van der Waals surface area contributed by atoms with Gasteiger partial charge in [-0.25, -0.2) is 4.98 Å². The lowest BCUT2D eigenvalue weighted by Gasteiger charge is -2.42. The van der Waals surface area contributed by atoms with Crippen LogP contribution in [0.4, 0.5) is 5.82 Å². The highest BCUT2D eigenvalue weighted by atomic mass is 32.1. The fourth-order valence-electron chi connectivity index (χ4n) is 3.06. The second kappa shape index (κ2) is 5.94. The molecule has 0 aliphatic carbocycles. The fraction of sp³-hybridized carbons (Fsp3) is 0.667. The van der Waals surface area contributed by atoms with Crippen molar-refractivity contribution in [3.05, 3.63) is 17.3 Å². The predicted molar refractivity (Wildman–Crippen MR) is 89.3 cm³/mol. The van der Waals surface area contributed by atoms with E-state index >= 15 is 0 Å². The van der Waals surface area contributed by atoms with E-state index in [0.717, 1.165) is 37.0 Å². The van der Waals surface area contributed by atoms with Gasteiger partial charge in [0.05, 0.1) is 5.69 Å². The van der Waals surface area contributed by atoms with Crippen LogP contribution < -0.4 is 10.2 Å². The van der Waals surface area contributed by atoms with Crippen molar-refractivity contribution in [3.8, 4) is 0 Å². The lowest BCUT2D eigenvalue weighted by Crippen LogP contribution is -2.55. The molecule has 2 aromatic heterocycles. The summed E-state index contributed by atoms with van der Waals surface area (Å²) >= 11 is 1.71. The zero-order valence-electron chi connectivity index (χ0n) is 13.3. The van der Waals surface area contributed by atoms with Gasteiger partial charge in [0.1, 0.15) is 0 Å². The van der Waals surface area contributed by atoms with E-state index in [1.54, 1.807) is 11.3 Å². The number of nitrogens with one attached hydrogen (secondary N) is 1. The Morgan fingerprint density at radius 3 is 2.71 bits per heavy atom. The Labute approximate surface area is 130 Å². The van der Waals surface area contributed by atoms with Gasteiger partial charge < -0.3 is 10.2 Å². The molecule has 5 nitrogen and oxygen atoms in total. The summed E-state index contributed by atoms with van der Waals surface area (Å²) in [6, 6.07) is 1.11. The zero-order valence-corrected chi connectivity index (χ0v) is 14.2.